The summed E-state index contributed by atoms with van der Waals surface area (Å²) in [7, 11) is 1.44. The number of halogens is 1. The van der Waals surface area contributed by atoms with Crippen molar-refractivity contribution in [2.45, 2.75) is 6.92 Å². The van der Waals surface area contributed by atoms with E-state index in [2.05, 4.69) is 5.32 Å². The zero-order chi connectivity index (χ0) is 14.7. The molecule has 0 heterocycles. The second kappa shape index (κ2) is 5.61. The summed E-state index contributed by atoms with van der Waals surface area (Å²) in [5.74, 6) is -0.504. The van der Waals surface area contributed by atoms with Gasteiger partial charge in [-0.25, -0.2) is 4.39 Å². The maximum absolute atomic E-state index is 13.0. The molecule has 0 radical (unpaired) electrons. The third kappa shape index (κ3) is 2.88. The Morgan fingerprint density at radius 1 is 1.25 bits per heavy atom. The Labute approximate surface area is 115 Å². The number of phenolic OH excluding ortho intramolecular Hbond substituents is 1. The summed E-state index contributed by atoms with van der Waals surface area (Å²) in [4.78, 5) is 12.1. The molecule has 0 saturated carbocycles. The molecule has 2 aromatic carbocycles. The Hall–Kier alpha value is -2.56. The number of amides is 1. The van der Waals surface area contributed by atoms with Crippen molar-refractivity contribution in [3.63, 3.8) is 0 Å². The van der Waals surface area contributed by atoms with Crippen molar-refractivity contribution >= 4 is 11.6 Å². The highest BCUT2D eigenvalue weighted by molar-refractivity contribution is 6.05. The van der Waals surface area contributed by atoms with Crippen molar-refractivity contribution < 1.29 is 19.0 Å². The molecule has 2 aromatic rings. The fourth-order valence-corrected chi connectivity index (χ4v) is 1.85. The second-order valence-corrected chi connectivity index (χ2v) is 4.30. The number of aryl methyl sites for hydroxylation is 1. The van der Waals surface area contributed by atoms with E-state index in [-0.39, 0.29) is 17.5 Å². The molecule has 0 fully saturated rings. The summed E-state index contributed by atoms with van der Waals surface area (Å²) in [5, 5.41) is 12.3. The van der Waals surface area contributed by atoms with Gasteiger partial charge < -0.3 is 15.2 Å². The van der Waals surface area contributed by atoms with E-state index in [9.17, 15) is 14.3 Å². The fraction of sp³-hybridized carbons (Fsp3) is 0.133. The minimum absolute atomic E-state index is 0.0684. The Bertz CT molecular complexity index is 656. The lowest BCUT2D eigenvalue weighted by molar-refractivity contribution is 0.102. The van der Waals surface area contributed by atoms with Crippen molar-refractivity contribution in [2.75, 3.05) is 12.4 Å². The standard InChI is InChI=1S/C15H14FNO3/c1-9-7-10(16)3-5-12(9)15(19)17-11-4-6-14(20-2)13(18)8-11/h3-8,18H,1-2H3,(H,17,19). The molecule has 0 bridgehead atoms. The lowest BCUT2D eigenvalue weighted by Gasteiger charge is -2.09. The van der Waals surface area contributed by atoms with Gasteiger partial charge in [0, 0.05) is 17.3 Å². The van der Waals surface area contributed by atoms with Crippen LogP contribution in [0.1, 0.15) is 15.9 Å². The molecular weight excluding hydrogens is 261 g/mol. The molecular formula is C15H14FNO3. The molecule has 0 aliphatic heterocycles. The van der Waals surface area contributed by atoms with Crippen LogP contribution in [0.15, 0.2) is 36.4 Å². The predicted molar refractivity (Wildman–Crippen MR) is 73.7 cm³/mol. The maximum Gasteiger partial charge on any atom is 0.255 e. The molecule has 5 heteroatoms. The first-order valence-electron chi connectivity index (χ1n) is 5.96. The summed E-state index contributed by atoms with van der Waals surface area (Å²) in [6.45, 7) is 1.66. The molecule has 0 aromatic heterocycles. The normalized spacial score (nSPS) is 10.2. The van der Waals surface area contributed by atoms with E-state index in [1.165, 1.54) is 31.4 Å². The van der Waals surface area contributed by atoms with Gasteiger partial charge in [-0.15, -0.1) is 0 Å². The monoisotopic (exact) mass is 275 g/mol. The highest BCUT2D eigenvalue weighted by Crippen LogP contribution is 2.28. The van der Waals surface area contributed by atoms with Gasteiger partial charge in [-0.1, -0.05) is 0 Å². The van der Waals surface area contributed by atoms with Gasteiger partial charge in [-0.05, 0) is 42.8 Å². The number of ether oxygens (including phenoxy) is 1. The molecule has 20 heavy (non-hydrogen) atoms. The lowest BCUT2D eigenvalue weighted by Crippen LogP contribution is -2.13. The van der Waals surface area contributed by atoms with Crippen LogP contribution in [0.5, 0.6) is 11.5 Å². The van der Waals surface area contributed by atoms with E-state index >= 15 is 0 Å². The zero-order valence-electron chi connectivity index (χ0n) is 11.1. The van der Waals surface area contributed by atoms with E-state index in [4.69, 9.17) is 4.74 Å². The summed E-state index contributed by atoms with van der Waals surface area (Å²) >= 11 is 0. The Kier molecular flexibility index (Phi) is 3.89. The van der Waals surface area contributed by atoms with Gasteiger partial charge in [0.15, 0.2) is 11.5 Å². The first-order valence-corrected chi connectivity index (χ1v) is 5.96. The van der Waals surface area contributed by atoms with E-state index in [1.54, 1.807) is 19.1 Å². The summed E-state index contributed by atoms with van der Waals surface area (Å²) < 4.78 is 17.9. The third-order valence-electron chi connectivity index (χ3n) is 2.87. The number of benzene rings is 2. The molecule has 0 aliphatic carbocycles. The van der Waals surface area contributed by atoms with Crippen LogP contribution in [0, 0.1) is 12.7 Å². The number of phenols is 1. The summed E-state index contributed by atoms with van der Waals surface area (Å²) in [6, 6.07) is 8.48. The molecule has 0 unspecified atom stereocenters. The Morgan fingerprint density at radius 2 is 2.00 bits per heavy atom. The van der Waals surface area contributed by atoms with Crippen molar-refractivity contribution in [2.24, 2.45) is 0 Å². The molecule has 2 rings (SSSR count). The number of anilines is 1. The summed E-state index contributed by atoms with van der Waals surface area (Å²) in [6.07, 6.45) is 0. The van der Waals surface area contributed by atoms with E-state index in [0.29, 0.717) is 22.6 Å². The number of aromatic hydroxyl groups is 1. The second-order valence-electron chi connectivity index (χ2n) is 4.30. The van der Waals surface area contributed by atoms with Crippen LogP contribution in [0.3, 0.4) is 0 Å². The molecule has 4 nitrogen and oxygen atoms in total. The van der Waals surface area contributed by atoms with Crippen LogP contribution in [-0.2, 0) is 0 Å². The van der Waals surface area contributed by atoms with E-state index in [0.717, 1.165) is 0 Å². The van der Waals surface area contributed by atoms with Gasteiger partial charge in [-0.3, -0.25) is 4.79 Å². The average molecular weight is 275 g/mol. The van der Waals surface area contributed by atoms with Crippen LogP contribution in [0.2, 0.25) is 0 Å². The van der Waals surface area contributed by atoms with E-state index in [1.807, 2.05) is 0 Å². The summed E-state index contributed by atoms with van der Waals surface area (Å²) in [5.41, 5.74) is 1.35. The number of hydrogen-bond donors (Lipinski definition) is 2. The molecule has 0 saturated heterocycles. The SMILES string of the molecule is COc1ccc(NC(=O)c2ccc(F)cc2C)cc1O. The van der Waals surface area contributed by atoms with Crippen LogP contribution in [0.4, 0.5) is 10.1 Å². The molecule has 104 valence electrons. The van der Waals surface area contributed by atoms with Gasteiger partial charge >= 0.3 is 0 Å². The molecule has 2 N–H and O–H groups in total. The van der Waals surface area contributed by atoms with Crippen LogP contribution < -0.4 is 10.1 Å². The van der Waals surface area contributed by atoms with Gasteiger partial charge in [0.1, 0.15) is 5.82 Å². The first-order chi connectivity index (χ1) is 9.51. The molecule has 1 amide bonds. The van der Waals surface area contributed by atoms with Gasteiger partial charge in [0.25, 0.3) is 5.91 Å². The van der Waals surface area contributed by atoms with Gasteiger partial charge in [-0.2, -0.15) is 0 Å². The third-order valence-corrected chi connectivity index (χ3v) is 2.87. The molecule has 0 aliphatic rings. The van der Waals surface area contributed by atoms with Crippen molar-refractivity contribution in [3.8, 4) is 11.5 Å². The maximum atomic E-state index is 13.0. The quantitative estimate of drug-likeness (QED) is 0.905. The predicted octanol–water partition coefficient (Wildman–Crippen LogP) is 3.10. The Balaban J connectivity index is 2.21. The van der Waals surface area contributed by atoms with Crippen LogP contribution in [0.25, 0.3) is 0 Å². The largest absolute Gasteiger partial charge is 0.504 e. The number of methoxy groups -OCH3 is 1. The number of rotatable bonds is 3. The topological polar surface area (TPSA) is 58.6 Å². The smallest absolute Gasteiger partial charge is 0.255 e. The van der Waals surface area contributed by atoms with Crippen LogP contribution in [-0.4, -0.2) is 18.1 Å². The zero-order valence-corrected chi connectivity index (χ0v) is 11.1. The highest BCUT2D eigenvalue weighted by Gasteiger charge is 2.11. The minimum atomic E-state index is -0.388. The average Bonchev–Trinajstić information content (AvgIpc) is 2.38. The van der Waals surface area contributed by atoms with Crippen molar-refractivity contribution in [3.05, 3.63) is 53.3 Å². The highest BCUT2D eigenvalue weighted by atomic mass is 19.1. The minimum Gasteiger partial charge on any atom is -0.504 e. The molecule has 0 atom stereocenters. The van der Waals surface area contributed by atoms with E-state index < -0.39 is 0 Å². The number of carbonyl (C=O) groups excluding carboxylic acids is 1. The number of hydrogen-bond acceptors (Lipinski definition) is 3. The van der Waals surface area contributed by atoms with Gasteiger partial charge in [0.2, 0.25) is 0 Å². The van der Waals surface area contributed by atoms with Gasteiger partial charge in [0.05, 0.1) is 7.11 Å². The number of carbonyl (C=O) groups is 1. The fourth-order valence-electron chi connectivity index (χ4n) is 1.85. The first kappa shape index (κ1) is 13.9. The molecule has 0 spiro atoms. The van der Waals surface area contributed by atoms with Crippen molar-refractivity contribution in [1.29, 1.82) is 0 Å². The Morgan fingerprint density at radius 3 is 2.60 bits per heavy atom. The number of nitrogens with one attached hydrogen (secondary N) is 1. The van der Waals surface area contributed by atoms with Crippen LogP contribution >= 0.6 is 0 Å². The van der Waals surface area contributed by atoms with Crippen molar-refractivity contribution in [1.82, 2.24) is 0 Å². The lowest BCUT2D eigenvalue weighted by atomic mass is 10.1.